The first-order valence-electron chi connectivity index (χ1n) is 15.5. The summed E-state index contributed by atoms with van der Waals surface area (Å²) in [5.74, 6) is 0. The van der Waals surface area contributed by atoms with Gasteiger partial charge in [0.25, 0.3) is 0 Å². The largest absolute Gasteiger partial charge is 0.192 e. The lowest BCUT2D eigenvalue weighted by Crippen LogP contribution is -2.21. The summed E-state index contributed by atoms with van der Waals surface area (Å²) in [4.78, 5) is 0. The van der Waals surface area contributed by atoms with Crippen molar-refractivity contribution in [2.24, 2.45) is 0 Å². The molecule has 2 nitrogen and oxygen atoms in total. The van der Waals surface area contributed by atoms with E-state index in [1.807, 2.05) is 12.1 Å². The second-order valence-electron chi connectivity index (χ2n) is 12.6. The highest BCUT2D eigenvalue weighted by molar-refractivity contribution is 5.91. The molecule has 0 radical (unpaired) electrons. The average molecular weight is 575 g/mol. The number of nitrogens with zero attached hydrogens (tertiary/aromatic N) is 2. The van der Waals surface area contributed by atoms with Gasteiger partial charge in [-0.2, -0.15) is 10.5 Å². The maximum absolute atomic E-state index is 10.0. The Morgan fingerprint density at radius 3 is 1.24 bits per heavy atom. The summed E-state index contributed by atoms with van der Waals surface area (Å²) in [5.41, 5.74) is 17.9. The summed E-state index contributed by atoms with van der Waals surface area (Å²) >= 11 is 0. The Balaban J connectivity index is 1.31. The molecule has 0 amide bonds. The lowest BCUT2D eigenvalue weighted by molar-refractivity contribution is 0.644. The molecule has 2 heteroatoms. The average Bonchev–Trinajstić information content (AvgIpc) is 3.67. The summed E-state index contributed by atoms with van der Waals surface area (Å²) in [6, 6.07) is 47.7. The van der Waals surface area contributed by atoms with Crippen LogP contribution in [0.1, 0.15) is 58.4 Å². The van der Waals surface area contributed by atoms with Crippen molar-refractivity contribution in [2.45, 2.75) is 32.1 Å². The number of benzene rings is 6. The number of fused-ring (bicyclic) bond motifs is 6. The van der Waals surface area contributed by atoms with E-state index in [0.29, 0.717) is 0 Å². The third kappa shape index (κ3) is 4.00. The maximum Gasteiger partial charge on any atom is 0.0998 e. The van der Waals surface area contributed by atoms with E-state index in [4.69, 9.17) is 0 Å². The Hall–Kier alpha value is -5.70. The monoisotopic (exact) mass is 574 g/mol. The van der Waals surface area contributed by atoms with Gasteiger partial charge in [-0.3, -0.25) is 0 Å². The van der Waals surface area contributed by atoms with Crippen LogP contribution in [0, 0.1) is 22.7 Å². The van der Waals surface area contributed by atoms with Gasteiger partial charge in [0.15, 0.2) is 0 Å². The van der Waals surface area contributed by atoms with Gasteiger partial charge in [-0.15, -0.1) is 0 Å². The summed E-state index contributed by atoms with van der Waals surface area (Å²) in [6.45, 7) is 4.64. The van der Waals surface area contributed by atoms with Crippen molar-refractivity contribution in [2.75, 3.05) is 0 Å². The number of nitriles is 2. The first-order chi connectivity index (χ1) is 22.0. The molecule has 2 aliphatic rings. The molecule has 0 saturated carbocycles. The van der Waals surface area contributed by atoms with Crippen molar-refractivity contribution in [3.63, 3.8) is 0 Å². The van der Waals surface area contributed by atoms with Crippen LogP contribution >= 0.6 is 0 Å². The van der Waals surface area contributed by atoms with E-state index in [1.54, 1.807) is 0 Å². The first-order valence-corrected chi connectivity index (χ1v) is 15.5. The topological polar surface area (TPSA) is 47.6 Å². The summed E-state index contributed by atoms with van der Waals surface area (Å²) in [5, 5.41) is 20.1. The van der Waals surface area contributed by atoms with Crippen LogP contribution in [0.25, 0.3) is 44.5 Å². The molecule has 6 aromatic carbocycles. The van der Waals surface area contributed by atoms with Crippen LogP contribution in [0.15, 0.2) is 121 Å². The van der Waals surface area contributed by atoms with Gasteiger partial charge in [0, 0.05) is 16.5 Å². The molecule has 45 heavy (non-hydrogen) atoms. The maximum atomic E-state index is 10.0. The molecule has 0 bridgehead atoms. The van der Waals surface area contributed by atoms with Gasteiger partial charge in [-0.1, -0.05) is 123 Å². The SMILES string of the molecule is CC(C)(c1ccccc1-c1ccc(C#N)c2c1Cc1ccccc1-2)c1ccccc1-c1ccc(C#N)c2c1Cc1ccccc1-2. The van der Waals surface area contributed by atoms with Crippen molar-refractivity contribution >= 4 is 0 Å². The van der Waals surface area contributed by atoms with E-state index in [-0.39, 0.29) is 5.41 Å². The van der Waals surface area contributed by atoms with Crippen LogP contribution in [0.5, 0.6) is 0 Å². The van der Waals surface area contributed by atoms with Gasteiger partial charge in [0.1, 0.15) is 0 Å². The first kappa shape index (κ1) is 26.9. The predicted molar refractivity (Wildman–Crippen MR) is 182 cm³/mol. The predicted octanol–water partition coefficient (Wildman–Crippen LogP) is 10.2. The summed E-state index contributed by atoms with van der Waals surface area (Å²) in [7, 11) is 0. The molecule has 0 unspecified atom stereocenters. The summed E-state index contributed by atoms with van der Waals surface area (Å²) in [6.07, 6.45) is 1.64. The van der Waals surface area contributed by atoms with E-state index in [2.05, 4.69) is 135 Å². The fourth-order valence-corrected chi connectivity index (χ4v) is 7.86. The van der Waals surface area contributed by atoms with Gasteiger partial charge in [0.05, 0.1) is 23.3 Å². The molecule has 0 aliphatic heterocycles. The Bertz CT molecular complexity index is 2110. The van der Waals surface area contributed by atoms with Crippen LogP contribution < -0.4 is 0 Å². The summed E-state index contributed by atoms with van der Waals surface area (Å²) < 4.78 is 0. The smallest absolute Gasteiger partial charge is 0.0998 e. The Kier molecular flexibility index (Phi) is 6.09. The quantitative estimate of drug-likeness (QED) is 0.210. The molecule has 6 aromatic rings. The molecule has 0 heterocycles. The highest BCUT2D eigenvalue weighted by Gasteiger charge is 2.33. The Morgan fingerprint density at radius 2 is 0.822 bits per heavy atom. The van der Waals surface area contributed by atoms with Crippen molar-refractivity contribution in [3.05, 3.63) is 166 Å². The third-order valence-electron chi connectivity index (χ3n) is 9.96. The molecule has 0 atom stereocenters. The molecule has 0 aromatic heterocycles. The standard InChI is InChI=1S/C43H30N2/c1-43(2,39-17-9-7-15-35(39)33-21-19-29(25-44)41-31-13-5-3-11-27(31)23-37(33)41)40-18-10-8-16-36(40)34-22-20-30(26-45)42-32-14-6-4-12-28(32)24-38(34)42/h3-22H,23-24H2,1-2H3. The zero-order chi connectivity index (χ0) is 30.7. The lowest BCUT2D eigenvalue weighted by Gasteiger charge is -2.32. The second kappa shape index (κ2) is 10.2. The fourth-order valence-electron chi connectivity index (χ4n) is 7.86. The zero-order valence-corrected chi connectivity index (χ0v) is 25.4. The molecular weight excluding hydrogens is 544 g/mol. The van der Waals surface area contributed by atoms with Crippen LogP contribution in [0.2, 0.25) is 0 Å². The van der Waals surface area contributed by atoms with Crippen molar-refractivity contribution in [3.8, 4) is 56.6 Å². The molecule has 8 rings (SSSR count). The molecule has 2 aliphatic carbocycles. The minimum atomic E-state index is -0.355. The van der Waals surface area contributed by atoms with E-state index in [9.17, 15) is 10.5 Å². The van der Waals surface area contributed by atoms with E-state index in [0.717, 1.165) is 35.1 Å². The highest BCUT2D eigenvalue weighted by Crippen LogP contribution is 2.49. The lowest BCUT2D eigenvalue weighted by atomic mass is 9.71. The molecule has 0 fully saturated rings. The van der Waals surface area contributed by atoms with Crippen LogP contribution in [0.4, 0.5) is 0 Å². The van der Waals surface area contributed by atoms with E-state index >= 15 is 0 Å². The molecular formula is C43H30N2. The minimum absolute atomic E-state index is 0.355. The van der Waals surface area contributed by atoms with Gasteiger partial charge < -0.3 is 0 Å². The van der Waals surface area contributed by atoms with Crippen molar-refractivity contribution in [1.29, 1.82) is 10.5 Å². The van der Waals surface area contributed by atoms with E-state index in [1.165, 1.54) is 66.8 Å². The van der Waals surface area contributed by atoms with Crippen molar-refractivity contribution in [1.82, 2.24) is 0 Å². The van der Waals surface area contributed by atoms with Crippen LogP contribution in [-0.2, 0) is 18.3 Å². The highest BCUT2D eigenvalue weighted by atomic mass is 14.4. The third-order valence-corrected chi connectivity index (χ3v) is 9.96. The van der Waals surface area contributed by atoms with Gasteiger partial charge >= 0.3 is 0 Å². The Labute approximate surface area is 264 Å². The normalized spacial score (nSPS) is 12.4. The van der Waals surface area contributed by atoms with Crippen molar-refractivity contribution < 1.29 is 0 Å². The number of hydrogen-bond donors (Lipinski definition) is 0. The van der Waals surface area contributed by atoms with Gasteiger partial charge in [-0.05, 0) is 91.7 Å². The fraction of sp³-hybridized carbons (Fsp3) is 0.116. The van der Waals surface area contributed by atoms with Crippen LogP contribution in [0.3, 0.4) is 0 Å². The molecule has 0 N–H and O–H groups in total. The molecule has 0 saturated heterocycles. The zero-order valence-electron chi connectivity index (χ0n) is 25.4. The van der Waals surface area contributed by atoms with Crippen LogP contribution in [-0.4, -0.2) is 0 Å². The number of hydrogen-bond acceptors (Lipinski definition) is 2. The molecule has 212 valence electrons. The number of rotatable bonds is 4. The van der Waals surface area contributed by atoms with Gasteiger partial charge in [0.2, 0.25) is 0 Å². The second-order valence-corrected chi connectivity index (χ2v) is 12.6. The minimum Gasteiger partial charge on any atom is -0.192 e. The Morgan fingerprint density at radius 1 is 0.444 bits per heavy atom. The van der Waals surface area contributed by atoms with E-state index < -0.39 is 0 Å². The van der Waals surface area contributed by atoms with Gasteiger partial charge in [-0.25, -0.2) is 0 Å². The molecule has 0 spiro atoms.